The van der Waals surface area contributed by atoms with Crippen molar-refractivity contribution in [3.63, 3.8) is 0 Å². The average Bonchev–Trinajstić information content (AvgIpc) is 3.31. The maximum absolute atomic E-state index is 12.4. The van der Waals surface area contributed by atoms with E-state index in [0.717, 1.165) is 23.0 Å². The van der Waals surface area contributed by atoms with Gasteiger partial charge in [-0.1, -0.05) is 29.8 Å². The predicted molar refractivity (Wildman–Crippen MR) is 99.4 cm³/mol. The molecule has 4 rings (SSSR count). The van der Waals surface area contributed by atoms with Gasteiger partial charge in [-0.2, -0.15) is 0 Å². The Morgan fingerprint density at radius 2 is 2.24 bits per heavy atom. The number of amides is 1. The average molecular weight is 333 g/mol. The molecule has 3 unspecified atom stereocenters. The zero-order valence-electron chi connectivity index (χ0n) is 14.6. The summed E-state index contributed by atoms with van der Waals surface area (Å²) in [6, 6.07) is 12.8. The van der Waals surface area contributed by atoms with E-state index in [4.69, 9.17) is 0 Å². The van der Waals surface area contributed by atoms with Crippen LogP contribution >= 0.6 is 0 Å². The number of hydrogen-bond acceptors (Lipinski definition) is 2. The van der Waals surface area contributed by atoms with E-state index in [2.05, 4.69) is 53.4 Å². The van der Waals surface area contributed by atoms with E-state index in [9.17, 15) is 4.79 Å². The largest absolute Gasteiger partial charge is 0.353 e. The van der Waals surface area contributed by atoms with Crippen molar-refractivity contribution < 1.29 is 4.79 Å². The lowest BCUT2D eigenvalue weighted by Crippen LogP contribution is -2.35. The van der Waals surface area contributed by atoms with Gasteiger partial charge in [-0.25, -0.2) is 4.98 Å². The SMILES string of the molecule is Cc1cccc(C2CC2C(C)NC(=O)Cc2c[nH]c3ncccc23)c1. The summed E-state index contributed by atoms with van der Waals surface area (Å²) in [5, 5.41) is 4.21. The van der Waals surface area contributed by atoms with Crippen molar-refractivity contribution in [3.05, 3.63) is 65.5 Å². The van der Waals surface area contributed by atoms with Gasteiger partial charge in [-0.05, 0) is 55.4 Å². The molecule has 0 bridgehead atoms. The molecule has 1 saturated carbocycles. The monoisotopic (exact) mass is 333 g/mol. The van der Waals surface area contributed by atoms with Gasteiger partial charge in [0.2, 0.25) is 5.91 Å². The van der Waals surface area contributed by atoms with Crippen molar-refractivity contribution >= 4 is 16.9 Å². The highest BCUT2D eigenvalue weighted by Crippen LogP contribution is 2.49. The zero-order chi connectivity index (χ0) is 17.4. The summed E-state index contributed by atoms with van der Waals surface area (Å²) in [5.74, 6) is 1.19. The number of nitrogens with zero attached hydrogens (tertiary/aromatic N) is 1. The Balaban J connectivity index is 1.37. The number of fused-ring (bicyclic) bond motifs is 1. The van der Waals surface area contributed by atoms with Crippen LogP contribution in [0, 0.1) is 12.8 Å². The molecule has 1 aromatic carbocycles. The fraction of sp³-hybridized carbons (Fsp3) is 0.333. The minimum Gasteiger partial charge on any atom is -0.353 e. The smallest absolute Gasteiger partial charge is 0.224 e. The maximum atomic E-state index is 12.4. The molecule has 2 heterocycles. The Labute approximate surface area is 147 Å². The van der Waals surface area contributed by atoms with E-state index in [1.807, 2.05) is 18.3 Å². The van der Waals surface area contributed by atoms with Crippen LogP contribution in [0.3, 0.4) is 0 Å². The van der Waals surface area contributed by atoms with Crippen molar-refractivity contribution in [2.75, 3.05) is 0 Å². The number of aromatic nitrogens is 2. The van der Waals surface area contributed by atoms with E-state index < -0.39 is 0 Å². The molecule has 1 fully saturated rings. The minimum absolute atomic E-state index is 0.0761. The van der Waals surface area contributed by atoms with Gasteiger partial charge in [0.15, 0.2) is 0 Å². The number of benzene rings is 1. The van der Waals surface area contributed by atoms with Crippen LogP contribution in [0.4, 0.5) is 0 Å². The quantitative estimate of drug-likeness (QED) is 0.747. The highest BCUT2D eigenvalue weighted by Gasteiger charge is 2.42. The summed E-state index contributed by atoms with van der Waals surface area (Å²) in [6.07, 6.45) is 5.18. The van der Waals surface area contributed by atoms with Crippen molar-refractivity contribution in [1.29, 1.82) is 0 Å². The summed E-state index contributed by atoms with van der Waals surface area (Å²) < 4.78 is 0. The number of aromatic amines is 1. The van der Waals surface area contributed by atoms with Crippen LogP contribution in [0.5, 0.6) is 0 Å². The lowest BCUT2D eigenvalue weighted by atomic mass is 10.0. The number of rotatable bonds is 5. The first-order chi connectivity index (χ1) is 12.1. The highest BCUT2D eigenvalue weighted by atomic mass is 16.1. The van der Waals surface area contributed by atoms with Crippen LogP contribution in [0.1, 0.15) is 36.0 Å². The van der Waals surface area contributed by atoms with Gasteiger partial charge in [-0.3, -0.25) is 4.79 Å². The third-order valence-electron chi connectivity index (χ3n) is 5.23. The Morgan fingerprint density at radius 3 is 3.08 bits per heavy atom. The molecule has 0 spiro atoms. The number of carbonyl (C=O) groups is 1. The molecular weight excluding hydrogens is 310 g/mol. The first-order valence-electron chi connectivity index (χ1n) is 8.88. The molecule has 1 amide bonds. The molecule has 3 atom stereocenters. The predicted octanol–water partition coefficient (Wildman–Crippen LogP) is 3.72. The van der Waals surface area contributed by atoms with Crippen molar-refractivity contribution in [3.8, 4) is 0 Å². The molecule has 0 saturated heterocycles. The molecular formula is C21H23N3O. The Kier molecular flexibility index (Phi) is 4.04. The maximum Gasteiger partial charge on any atom is 0.224 e. The summed E-state index contributed by atoms with van der Waals surface area (Å²) in [4.78, 5) is 19.8. The fourth-order valence-corrected chi connectivity index (χ4v) is 3.80. The molecule has 4 heteroatoms. The van der Waals surface area contributed by atoms with Gasteiger partial charge >= 0.3 is 0 Å². The van der Waals surface area contributed by atoms with E-state index in [-0.39, 0.29) is 11.9 Å². The molecule has 4 nitrogen and oxygen atoms in total. The lowest BCUT2D eigenvalue weighted by Gasteiger charge is -2.14. The summed E-state index contributed by atoms with van der Waals surface area (Å²) in [6.45, 7) is 4.25. The molecule has 0 aliphatic heterocycles. The van der Waals surface area contributed by atoms with E-state index in [0.29, 0.717) is 18.3 Å². The van der Waals surface area contributed by atoms with Crippen LogP contribution in [0.15, 0.2) is 48.8 Å². The van der Waals surface area contributed by atoms with Crippen molar-refractivity contribution in [1.82, 2.24) is 15.3 Å². The molecule has 128 valence electrons. The third kappa shape index (κ3) is 3.29. The zero-order valence-corrected chi connectivity index (χ0v) is 14.6. The van der Waals surface area contributed by atoms with Gasteiger partial charge < -0.3 is 10.3 Å². The molecule has 1 aliphatic carbocycles. The normalized spacial score (nSPS) is 20.4. The van der Waals surface area contributed by atoms with E-state index >= 15 is 0 Å². The second-order valence-corrected chi connectivity index (χ2v) is 7.17. The summed E-state index contributed by atoms with van der Waals surface area (Å²) in [7, 11) is 0. The number of pyridine rings is 1. The van der Waals surface area contributed by atoms with Crippen LogP contribution < -0.4 is 5.32 Å². The van der Waals surface area contributed by atoms with E-state index in [1.54, 1.807) is 6.20 Å². The highest BCUT2D eigenvalue weighted by molar-refractivity contribution is 5.87. The number of carbonyl (C=O) groups excluding carboxylic acids is 1. The van der Waals surface area contributed by atoms with Crippen LogP contribution in [0.2, 0.25) is 0 Å². The van der Waals surface area contributed by atoms with Crippen molar-refractivity contribution in [2.45, 2.75) is 38.6 Å². The van der Waals surface area contributed by atoms with Crippen molar-refractivity contribution in [2.24, 2.45) is 5.92 Å². The molecule has 2 N–H and O–H groups in total. The Bertz CT molecular complexity index is 914. The first kappa shape index (κ1) is 15.9. The molecule has 25 heavy (non-hydrogen) atoms. The Hall–Kier alpha value is -2.62. The van der Waals surface area contributed by atoms with E-state index in [1.165, 1.54) is 11.1 Å². The van der Waals surface area contributed by atoms with Gasteiger partial charge in [-0.15, -0.1) is 0 Å². The Morgan fingerprint density at radius 1 is 1.36 bits per heavy atom. The van der Waals surface area contributed by atoms with Gasteiger partial charge in [0.1, 0.15) is 5.65 Å². The van der Waals surface area contributed by atoms with Crippen LogP contribution in [0.25, 0.3) is 11.0 Å². The van der Waals surface area contributed by atoms with Gasteiger partial charge in [0.05, 0.1) is 6.42 Å². The van der Waals surface area contributed by atoms with Gasteiger partial charge in [0, 0.05) is 23.8 Å². The number of hydrogen-bond donors (Lipinski definition) is 2. The van der Waals surface area contributed by atoms with Crippen LogP contribution in [-0.4, -0.2) is 21.9 Å². The molecule has 1 aliphatic rings. The van der Waals surface area contributed by atoms with Gasteiger partial charge in [0.25, 0.3) is 0 Å². The molecule has 2 aromatic heterocycles. The lowest BCUT2D eigenvalue weighted by molar-refractivity contribution is -0.121. The molecule has 0 radical (unpaired) electrons. The minimum atomic E-state index is 0.0761. The first-order valence-corrected chi connectivity index (χ1v) is 8.88. The summed E-state index contributed by atoms with van der Waals surface area (Å²) >= 11 is 0. The van der Waals surface area contributed by atoms with Crippen LogP contribution in [-0.2, 0) is 11.2 Å². The number of H-pyrrole nitrogens is 1. The molecule has 3 aromatic rings. The number of aryl methyl sites for hydroxylation is 1. The standard InChI is InChI=1S/C21H23N3O/c1-13-5-3-6-15(9-13)19-11-18(19)14(2)24-20(25)10-16-12-23-21-17(16)7-4-8-22-21/h3-9,12,14,18-19H,10-11H2,1-2H3,(H,22,23)(H,24,25). The fourth-order valence-electron chi connectivity index (χ4n) is 3.80. The third-order valence-corrected chi connectivity index (χ3v) is 5.23. The topological polar surface area (TPSA) is 57.8 Å². The number of nitrogens with one attached hydrogen (secondary N) is 2. The second-order valence-electron chi connectivity index (χ2n) is 7.17. The summed E-state index contributed by atoms with van der Waals surface area (Å²) in [5.41, 5.74) is 4.53. The second kappa shape index (κ2) is 6.36.